The first kappa shape index (κ1) is 30.0. The number of carbonyl (C=O) groups is 3. The van der Waals surface area contributed by atoms with Crippen molar-refractivity contribution < 1.29 is 33.3 Å². The summed E-state index contributed by atoms with van der Waals surface area (Å²) in [7, 11) is 1.21. The Morgan fingerprint density at radius 3 is 2.13 bits per heavy atom. The van der Waals surface area contributed by atoms with E-state index in [1.165, 1.54) is 7.11 Å². The van der Waals surface area contributed by atoms with E-state index in [1.807, 2.05) is 13.8 Å². The molecule has 4 atom stereocenters. The highest BCUT2D eigenvalue weighted by Gasteiger charge is 2.47. The zero-order chi connectivity index (χ0) is 29.0. The minimum absolute atomic E-state index is 0.0865. The lowest BCUT2D eigenvalue weighted by atomic mass is 9.94. The number of fused-ring (bicyclic) bond motifs is 1. The van der Waals surface area contributed by atoms with Crippen LogP contribution in [-0.4, -0.2) is 60.3 Å². The second-order valence-electron chi connectivity index (χ2n) is 11.8. The Hall–Kier alpha value is -3.53. The van der Waals surface area contributed by atoms with E-state index in [-0.39, 0.29) is 18.1 Å². The maximum Gasteiger partial charge on any atom is 0.408 e. The second-order valence-corrected chi connectivity index (χ2v) is 11.8. The van der Waals surface area contributed by atoms with E-state index in [9.17, 15) is 14.4 Å². The number of hydrogen-bond donors (Lipinski definition) is 2. The maximum atomic E-state index is 12.9. The highest BCUT2D eigenvalue weighted by atomic mass is 16.8. The number of esters is 1. The molecule has 210 valence electrons. The van der Waals surface area contributed by atoms with Gasteiger partial charge in [0.15, 0.2) is 5.79 Å². The number of amides is 2. The molecule has 2 amide bonds. The van der Waals surface area contributed by atoms with Crippen LogP contribution >= 0.6 is 0 Å². The highest BCUT2D eigenvalue weighted by molar-refractivity contribution is 5.97. The molecule has 9 nitrogen and oxygen atoms in total. The lowest BCUT2D eigenvalue weighted by molar-refractivity contribution is -0.152. The van der Waals surface area contributed by atoms with Crippen LogP contribution in [-0.2, 0) is 23.7 Å². The lowest BCUT2D eigenvalue weighted by Gasteiger charge is -2.34. The predicted octanol–water partition coefficient (Wildman–Crippen LogP) is 3.55. The molecule has 2 fully saturated rings. The molecule has 0 unspecified atom stereocenters. The van der Waals surface area contributed by atoms with Crippen LogP contribution < -0.4 is 10.6 Å². The van der Waals surface area contributed by atoms with Gasteiger partial charge in [0.2, 0.25) is 0 Å². The standard InChI is InChI=1S/C30H38N2O7/c1-28(2,3)39-27(35)32-29(4,5)24(26(34)36-8)31-25(33)21-15-13-19(14-16-21)11-9-10-12-20-17-22-23(18-20)38-30(6,7)37-22/h13-16,20,22-24H,17-18H2,1-8H3,(H,31,33)(H,32,35)/t20-,22-,23+,24-/m1/s1. The number of methoxy groups -OCH3 is 1. The normalized spacial score (nSPS) is 22.2. The number of alkyl carbamates (subject to hydrolysis) is 1. The summed E-state index contributed by atoms with van der Waals surface area (Å²) in [5, 5.41) is 5.29. The van der Waals surface area contributed by atoms with E-state index in [0.29, 0.717) is 11.1 Å². The number of rotatable bonds is 5. The van der Waals surface area contributed by atoms with E-state index in [2.05, 4.69) is 34.3 Å². The molecule has 1 aromatic carbocycles. The molecule has 9 heteroatoms. The molecule has 1 aliphatic heterocycles. The zero-order valence-corrected chi connectivity index (χ0v) is 23.9. The molecule has 3 rings (SSSR count). The number of ether oxygens (including phenoxy) is 4. The van der Waals surface area contributed by atoms with Crippen LogP contribution in [0.25, 0.3) is 0 Å². The van der Waals surface area contributed by atoms with Crippen LogP contribution in [0.1, 0.15) is 77.2 Å². The smallest absolute Gasteiger partial charge is 0.408 e. The van der Waals surface area contributed by atoms with E-state index in [0.717, 1.165) is 12.8 Å². The van der Waals surface area contributed by atoms with Crippen LogP contribution in [0.2, 0.25) is 0 Å². The van der Waals surface area contributed by atoms with Crippen molar-refractivity contribution in [1.29, 1.82) is 0 Å². The van der Waals surface area contributed by atoms with E-state index >= 15 is 0 Å². The molecule has 39 heavy (non-hydrogen) atoms. The van der Waals surface area contributed by atoms with Crippen LogP contribution in [0.15, 0.2) is 24.3 Å². The van der Waals surface area contributed by atoms with Crippen molar-refractivity contribution >= 4 is 18.0 Å². The van der Waals surface area contributed by atoms with Gasteiger partial charge in [-0.1, -0.05) is 11.8 Å². The van der Waals surface area contributed by atoms with Crippen molar-refractivity contribution in [2.75, 3.05) is 7.11 Å². The fourth-order valence-corrected chi connectivity index (χ4v) is 4.53. The van der Waals surface area contributed by atoms with Gasteiger partial charge >= 0.3 is 12.1 Å². The van der Waals surface area contributed by atoms with Gasteiger partial charge in [-0.2, -0.15) is 0 Å². The van der Waals surface area contributed by atoms with Gasteiger partial charge in [-0.25, -0.2) is 9.59 Å². The third-order valence-electron chi connectivity index (χ3n) is 6.27. The summed E-state index contributed by atoms with van der Waals surface area (Å²) >= 11 is 0. The minimum atomic E-state index is -1.21. The van der Waals surface area contributed by atoms with Crippen molar-refractivity contribution in [3.8, 4) is 23.7 Å². The first-order valence-corrected chi connectivity index (χ1v) is 13.0. The molecular formula is C30H38N2O7. The Labute approximate surface area is 230 Å². The molecule has 2 N–H and O–H groups in total. The molecule has 1 heterocycles. The van der Waals surface area contributed by atoms with Gasteiger partial charge < -0.3 is 29.6 Å². The van der Waals surface area contributed by atoms with Crippen molar-refractivity contribution in [1.82, 2.24) is 10.6 Å². The number of carbonyl (C=O) groups excluding carboxylic acids is 3. The Balaban J connectivity index is 1.60. The number of nitrogens with one attached hydrogen (secondary N) is 2. The lowest BCUT2D eigenvalue weighted by Crippen LogP contribution is -2.62. The molecule has 1 aliphatic carbocycles. The van der Waals surface area contributed by atoms with Crippen molar-refractivity contribution in [2.24, 2.45) is 5.92 Å². The van der Waals surface area contributed by atoms with E-state index < -0.39 is 40.9 Å². The monoisotopic (exact) mass is 538 g/mol. The van der Waals surface area contributed by atoms with Gasteiger partial charge in [0, 0.05) is 17.0 Å². The molecule has 0 spiro atoms. The average molecular weight is 539 g/mol. The summed E-state index contributed by atoms with van der Waals surface area (Å²) in [5.41, 5.74) is -0.929. The summed E-state index contributed by atoms with van der Waals surface area (Å²) in [5.74, 6) is 10.4. The van der Waals surface area contributed by atoms with E-state index in [4.69, 9.17) is 18.9 Å². The average Bonchev–Trinajstić information content (AvgIpc) is 3.31. The van der Waals surface area contributed by atoms with Crippen LogP contribution in [0.4, 0.5) is 4.79 Å². The molecule has 1 saturated carbocycles. The van der Waals surface area contributed by atoms with E-state index in [1.54, 1.807) is 58.9 Å². The quantitative estimate of drug-likeness (QED) is 0.436. The predicted molar refractivity (Wildman–Crippen MR) is 144 cm³/mol. The fraction of sp³-hybridized carbons (Fsp3) is 0.567. The number of benzene rings is 1. The summed E-state index contributed by atoms with van der Waals surface area (Å²) in [6.07, 6.45) is 1.13. The fourth-order valence-electron chi connectivity index (χ4n) is 4.53. The van der Waals surface area contributed by atoms with Gasteiger partial charge in [-0.3, -0.25) is 4.79 Å². The summed E-state index contributed by atoms with van der Waals surface area (Å²) < 4.78 is 21.9. The first-order valence-electron chi connectivity index (χ1n) is 13.0. The molecule has 0 radical (unpaired) electrons. The molecule has 0 aromatic heterocycles. The third-order valence-corrected chi connectivity index (χ3v) is 6.27. The third kappa shape index (κ3) is 8.48. The largest absolute Gasteiger partial charge is 0.467 e. The summed E-state index contributed by atoms with van der Waals surface area (Å²) in [6.45, 7) is 12.2. The SMILES string of the molecule is COC(=O)[C@@H](NC(=O)c1ccc(C#CC#C[C@H]2C[C@@H]3OC(C)(C)O[C@@H]3C2)cc1)C(C)(C)NC(=O)OC(C)(C)C. The van der Waals surface area contributed by atoms with Gasteiger partial charge in [0.05, 0.1) is 24.9 Å². The minimum Gasteiger partial charge on any atom is -0.467 e. The maximum absolute atomic E-state index is 12.9. The summed E-state index contributed by atoms with van der Waals surface area (Å²) in [6, 6.07) is 5.43. The van der Waals surface area contributed by atoms with Gasteiger partial charge in [-0.15, -0.1) is 0 Å². The van der Waals surface area contributed by atoms with Gasteiger partial charge in [0.1, 0.15) is 11.6 Å². The Bertz CT molecular complexity index is 1190. The van der Waals surface area contributed by atoms with Crippen LogP contribution in [0.3, 0.4) is 0 Å². The van der Waals surface area contributed by atoms with Crippen molar-refractivity contribution in [2.45, 2.75) is 96.5 Å². The van der Waals surface area contributed by atoms with Gasteiger partial charge in [-0.05, 0) is 97.4 Å². The molecule has 1 saturated heterocycles. The Morgan fingerprint density at radius 2 is 1.59 bits per heavy atom. The highest BCUT2D eigenvalue weighted by Crippen LogP contribution is 2.40. The Kier molecular flexibility index (Phi) is 9.00. The first-order chi connectivity index (χ1) is 18.1. The van der Waals surface area contributed by atoms with Crippen LogP contribution in [0, 0.1) is 29.6 Å². The van der Waals surface area contributed by atoms with Crippen molar-refractivity contribution in [3.63, 3.8) is 0 Å². The number of hydrogen-bond acceptors (Lipinski definition) is 7. The van der Waals surface area contributed by atoms with Crippen LogP contribution in [0.5, 0.6) is 0 Å². The van der Waals surface area contributed by atoms with Crippen molar-refractivity contribution in [3.05, 3.63) is 35.4 Å². The molecular weight excluding hydrogens is 500 g/mol. The topological polar surface area (TPSA) is 112 Å². The molecule has 2 aliphatic rings. The summed E-state index contributed by atoms with van der Waals surface area (Å²) in [4.78, 5) is 37.7. The molecule has 0 bridgehead atoms. The van der Waals surface area contributed by atoms with Gasteiger partial charge in [0.25, 0.3) is 5.91 Å². The molecule has 1 aromatic rings. The Morgan fingerprint density at radius 1 is 1.00 bits per heavy atom. The zero-order valence-electron chi connectivity index (χ0n) is 23.9. The second kappa shape index (κ2) is 11.7.